The first kappa shape index (κ1) is 23.5. The van der Waals surface area contributed by atoms with Crippen LogP contribution in [-0.4, -0.2) is 31.5 Å². The molecular formula is C23H26Cl3N7O. The highest BCUT2D eigenvalue weighted by Crippen LogP contribution is 2.40. The lowest BCUT2D eigenvalue weighted by Crippen LogP contribution is -2.28. The van der Waals surface area contributed by atoms with Crippen molar-refractivity contribution in [3.63, 3.8) is 0 Å². The number of nitrogens with zero attached hydrogens (tertiary/aromatic N) is 4. The number of rotatable bonds is 6. The third-order valence-electron chi connectivity index (χ3n) is 6.83. The Morgan fingerprint density at radius 1 is 1.00 bits per heavy atom. The lowest BCUT2D eigenvalue weighted by molar-refractivity contribution is -0.122. The number of halogens is 3. The molecule has 1 aromatic carbocycles. The Labute approximate surface area is 212 Å². The molecule has 180 valence electrons. The Bertz CT molecular complexity index is 1190. The van der Waals surface area contributed by atoms with E-state index in [0.29, 0.717) is 44.2 Å². The predicted molar refractivity (Wildman–Crippen MR) is 136 cm³/mol. The maximum Gasteiger partial charge on any atom is 0.224 e. The largest absolute Gasteiger partial charge is 0.369 e. The summed E-state index contributed by atoms with van der Waals surface area (Å²) in [4.78, 5) is 25.8. The van der Waals surface area contributed by atoms with E-state index in [1.807, 2.05) is 0 Å². The molecule has 0 atom stereocenters. The van der Waals surface area contributed by atoms with E-state index >= 15 is 0 Å². The van der Waals surface area contributed by atoms with Crippen molar-refractivity contribution in [3.8, 4) is 0 Å². The lowest BCUT2D eigenvalue weighted by Gasteiger charge is -2.29. The highest BCUT2D eigenvalue weighted by atomic mass is 35.5. The molecule has 0 aliphatic heterocycles. The first-order chi connectivity index (χ1) is 16.4. The summed E-state index contributed by atoms with van der Waals surface area (Å²) in [6.07, 6.45) is 9.43. The summed E-state index contributed by atoms with van der Waals surface area (Å²) in [6.45, 7) is 0. The number of fused-ring (bicyclic) bond motifs is 1. The zero-order valence-corrected chi connectivity index (χ0v) is 20.8. The van der Waals surface area contributed by atoms with Gasteiger partial charge in [-0.1, -0.05) is 47.6 Å². The summed E-state index contributed by atoms with van der Waals surface area (Å²) >= 11 is 19.0. The van der Waals surface area contributed by atoms with Crippen molar-refractivity contribution < 1.29 is 4.79 Å². The van der Waals surface area contributed by atoms with Crippen molar-refractivity contribution in [2.45, 2.75) is 63.5 Å². The van der Waals surface area contributed by atoms with E-state index in [4.69, 9.17) is 50.5 Å². The molecule has 0 spiro atoms. The smallest absolute Gasteiger partial charge is 0.224 e. The van der Waals surface area contributed by atoms with Gasteiger partial charge in [-0.3, -0.25) is 9.36 Å². The van der Waals surface area contributed by atoms with Gasteiger partial charge in [0.15, 0.2) is 5.65 Å². The number of imidazole rings is 1. The van der Waals surface area contributed by atoms with E-state index in [1.54, 1.807) is 18.3 Å². The molecule has 0 unspecified atom stereocenters. The second-order valence-corrected chi connectivity index (χ2v) is 10.4. The molecule has 2 aliphatic carbocycles. The SMILES string of the molecule is NC(=O)[C@H]1CC[C@H](n2c(Nc3c(Cl)cc(Cl)cc3Cl)nc3cnc(NC4CCCC4)nc32)CC1. The maximum atomic E-state index is 11.7. The predicted octanol–water partition coefficient (Wildman–Crippen LogP) is 6.10. The molecule has 5 rings (SSSR count). The molecule has 2 aliphatic rings. The average Bonchev–Trinajstić information content (AvgIpc) is 3.43. The van der Waals surface area contributed by atoms with Gasteiger partial charge in [0.1, 0.15) is 5.52 Å². The first-order valence-corrected chi connectivity index (χ1v) is 12.7. The van der Waals surface area contributed by atoms with Gasteiger partial charge < -0.3 is 16.4 Å². The molecule has 8 nitrogen and oxygen atoms in total. The number of hydrogen-bond donors (Lipinski definition) is 3. The van der Waals surface area contributed by atoms with Crippen molar-refractivity contribution in [3.05, 3.63) is 33.4 Å². The minimum Gasteiger partial charge on any atom is -0.369 e. The van der Waals surface area contributed by atoms with Crippen molar-refractivity contribution in [1.29, 1.82) is 0 Å². The number of primary amides is 1. The molecule has 3 aromatic rings. The molecule has 1 amide bonds. The van der Waals surface area contributed by atoms with Crippen molar-refractivity contribution >= 4 is 69.5 Å². The van der Waals surface area contributed by atoms with Crippen LogP contribution >= 0.6 is 34.8 Å². The summed E-state index contributed by atoms with van der Waals surface area (Å²) in [6, 6.07) is 3.74. The number of hydrogen-bond acceptors (Lipinski definition) is 6. The Morgan fingerprint density at radius 2 is 1.68 bits per heavy atom. The van der Waals surface area contributed by atoms with Gasteiger partial charge in [-0.2, -0.15) is 4.98 Å². The van der Waals surface area contributed by atoms with Crippen LogP contribution < -0.4 is 16.4 Å². The van der Waals surface area contributed by atoms with Crippen LogP contribution in [0, 0.1) is 5.92 Å². The molecule has 0 radical (unpaired) electrons. The fraction of sp³-hybridized carbons (Fsp3) is 0.478. The highest BCUT2D eigenvalue weighted by Gasteiger charge is 2.29. The van der Waals surface area contributed by atoms with Gasteiger partial charge in [0.2, 0.25) is 17.8 Å². The van der Waals surface area contributed by atoms with Crippen LogP contribution in [-0.2, 0) is 4.79 Å². The molecule has 2 aromatic heterocycles. The molecule has 11 heteroatoms. The van der Waals surface area contributed by atoms with E-state index in [0.717, 1.165) is 44.2 Å². The second-order valence-electron chi connectivity index (χ2n) is 9.11. The van der Waals surface area contributed by atoms with Gasteiger partial charge >= 0.3 is 0 Å². The molecule has 2 fully saturated rings. The summed E-state index contributed by atoms with van der Waals surface area (Å²) in [5.41, 5.74) is 7.47. The third kappa shape index (κ3) is 4.76. The zero-order valence-electron chi connectivity index (χ0n) is 18.5. The fourth-order valence-electron chi connectivity index (χ4n) is 5.04. The second kappa shape index (κ2) is 9.76. The number of benzene rings is 1. The highest BCUT2D eigenvalue weighted by molar-refractivity contribution is 6.41. The monoisotopic (exact) mass is 521 g/mol. The maximum absolute atomic E-state index is 11.7. The number of aromatic nitrogens is 4. The fourth-order valence-corrected chi connectivity index (χ4v) is 5.95. The molecule has 0 bridgehead atoms. The van der Waals surface area contributed by atoms with Crippen LogP contribution in [0.4, 0.5) is 17.6 Å². The summed E-state index contributed by atoms with van der Waals surface area (Å²) < 4.78 is 2.08. The Hall–Kier alpha value is -2.29. The molecule has 34 heavy (non-hydrogen) atoms. The van der Waals surface area contributed by atoms with Gasteiger partial charge in [0.05, 0.1) is 21.9 Å². The number of nitrogens with one attached hydrogen (secondary N) is 2. The first-order valence-electron chi connectivity index (χ1n) is 11.6. The van der Waals surface area contributed by atoms with Crippen LogP contribution in [0.2, 0.25) is 15.1 Å². The molecule has 2 heterocycles. The van der Waals surface area contributed by atoms with Crippen LogP contribution in [0.5, 0.6) is 0 Å². The van der Waals surface area contributed by atoms with Gasteiger partial charge in [-0.25, -0.2) is 9.97 Å². The van der Waals surface area contributed by atoms with Crippen molar-refractivity contribution in [2.75, 3.05) is 10.6 Å². The van der Waals surface area contributed by atoms with E-state index in [9.17, 15) is 4.79 Å². The van der Waals surface area contributed by atoms with Crippen molar-refractivity contribution in [1.82, 2.24) is 19.5 Å². The Balaban J connectivity index is 1.54. The summed E-state index contributed by atoms with van der Waals surface area (Å²) in [7, 11) is 0. The molecule has 4 N–H and O–H groups in total. The number of carbonyl (C=O) groups excluding carboxylic acids is 1. The van der Waals surface area contributed by atoms with Crippen LogP contribution in [0.1, 0.15) is 57.4 Å². The van der Waals surface area contributed by atoms with E-state index in [1.165, 1.54) is 12.8 Å². The molecule has 0 saturated heterocycles. The normalized spacial score (nSPS) is 21.1. The number of anilines is 3. The van der Waals surface area contributed by atoms with Crippen LogP contribution in [0.25, 0.3) is 11.2 Å². The summed E-state index contributed by atoms with van der Waals surface area (Å²) in [5.74, 6) is 0.825. The third-order valence-corrected chi connectivity index (χ3v) is 7.64. The number of nitrogens with two attached hydrogens (primary N) is 1. The molecular weight excluding hydrogens is 497 g/mol. The van der Waals surface area contributed by atoms with Gasteiger partial charge in [-0.05, 0) is 50.7 Å². The van der Waals surface area contributed by atoms with Gasteiger partial charge in [0, 0.05) is 23.0 Å². The minimum absolute atomic E-state index is 0.0854. The van der Waals surface area contributed by atoms with Crippen LogP contribution in [0.3, 0.4) is 0 Å². The Morgan fingerprint density at radius 3 is 2.32 bits per heavy atom. The number of carbonyl (C=O) groups is 1. The minimum atomic E-state index is -0.239. The van der Waals surface area contributed by atoms with E-state index in [2.05, 4.69) is 20.2 Å². The molecule has 2 saturated carbocycles. The topological polar surface area (TPSA) is 111 Å². The Kier molecular flexibility index (Phi) is 6.73. The number of amides is 1. The van der Waals surface area contributed by atoms with E-state index < -0.39 is 0 Å². The average molecular weight is 523 g/mol. The van der Waals surface area contributed by atoms with E-state index in [-0.39, 0.29) is 17.9 Å². The quantitative estimate of drug-likeness (QED) is 0.361. The van der Waals surface area contributed by atoms with Crippen LogP contribution in [0.15, 0.2) is 18.3 Å². The standard InChI is InChI=1S/C23H26Cl3N7O/c24-13-9-16(25)19(17(26)10-13)31-23-30-18-11-28-22(29-14-3-1-2-4-14)32-21(18)33(23)15-7-5-12(6-8-15)20(27)34/h9-12,14-15H,1-8H2,(H2,27,34)(H,30,31)(H,28,29,32)/t12-,15-. The van der Waals surface area contributed by atoms with Gasteiger partial charge in [0.25, 0.3) is 0 Å². The lowest BCUT2D eigenvalue weighted by atomic mass is 9.85. The summed E-state index contributed by atoms with van der Waals surface area (Å²) in [5, 5.41) is 8.00. The van der Waals surface area contributed by atoms with Crippen molar-refractivity contribution in [2.24, 2.45) is 11.7 Å². The van der Waals surface area contributed by atoms with Gasteiger partial charge in [-0.15, -0.1) is 0 Å². The zero-order chi connectivity index (χ0) is 23.8.